The predicted molar refractivity (Wildman–Crippen MR) is 66.5 cm³/mol. The molecule has 3 heteroatoms. The fourth-order valence-electron chi connectivity index (χ4n) is 1.49. The number of pyridine rings is 1. The smallest absolute Gasteiger partial charge is 0.137 e. The first kappa shape index (κ1) is 10.2. The molecule has 0 unspecified atom stereocenters. The van der Waals surface area contributed by atoms with Gasteiger partial charge in [0.05, 0.1) is 4.47 Å². The third-order valence-electron chi connectivity index (χ3n) is 2.33. The average molecular weight is 263 g/mol. The highest BCUT2D eigenvalue weighted by molar-refractivity contribution is 9.10. The van der Waals surface area contributed by atoms with E-state index >= 15 is 0 Å². The molecule has 1 aromatic heterocycles. The molecule has 0 amide bonds. The lowest BCUT2D eigenvalue weighted by molar-refractivity contribution is 1.31. The van der Waals surface area contributed by atoms with Gasteiger partial charge in [0.2, 0.25) is 0 Å². The largest absolute Gasteiger partial charge is 0.383 e. The van der Waals surface area contributed by atoms with Gasteiger partial charge in [-0.1, -0.05) is 24.3 Å². The van der Waals surface area contributed by atoms with E-state index in [9.17, 15) is 0 Å². The fraction of sp³-hybridized carbons (Fsp3) is 0.0833. The van der Waals surface area contributed by atoms with E-state index in [0.29, 0.717) is 5.82 Å². The van der Waals surface area contributed by atoms with Crippen LogP contribution in [0.1, 0.15) is 5.56 Å². The Kier molecular flexibility index (Phi) is 2.73. The van der Waals surface area contributed by atoms with E-state index < -0.39 is 0 Å². The highest BCUT2D eigenvalue weighted by atomic mass is 79.9. The molecule has 76 valence electrons. The van der Waals surface area contributed by atoms with Gasteiger partial charge in [-0.15, -0.1) is 0 Å². The molecule has 0 spiro atoms. The van der Waals surface area contributed by atoms with Crippen LogP contribution in [0.15, 0.2) is 41.0 Å². The fourth-order valence-corrected chi connectivity index (χ4v) is 1.84. The molecule has 0 atom stereocenters. The molecule has 2 nitrogen and oxygen atoms in total. The molecule has 0 bridgehead atoms. The van der Waals surface area contributed by atoms with E-state index in [1.165, 1.54) is 11.1 Å². The molecule has 1 heterocycles. The average Bonchev–Trinajstić information content (AvgIpc) is 2.23. The number of aryl methyl sites for hydroxylation is 1. The van der Waals surface area contributed by atoms with E-state index in [1.807, 2.05) is 18.2 Å². The topological polar surface area (TPSA) is 38.9 Å². The molecular weight excluding hydrogens is 252 g/mol. The summed E-state index contributed by atoms with van der Waals surface area (Å²) in [6.45, 7) is 2.08. The van der Waals surface area contributed by atoms with Gasteiger partial charge in [0.1, 0.15) is 5.82 Å². The van der Waals surface area contributed by atoms with Gasteiger partial charge < -0.3 is 5.73 Å². The van der Waals surface area contributed by atoms with Crippen LogP contribution in [0, 0.1) is 6.92 Å². The Morgan fingerprint density at radius 1 is 1.27 bits per heavy atom. The van der Waals surface area contributed by atoms with Crippen LogP contribution in [0.2, 0.25) is 0 Å². The van der Waals surface area contributed by atoms with Crippen LogP contribution in [0.25, 0.3) is 11.1 Å². The van der Waals surface area contributed by atoms with Gasteiger partial charge in [-0.2, -0.15) is 0 Å². The van der Waals surface area contributed by atoms with Crippen molar-refractivity contribution in [1.29, 1.82) is 0 Å². The minimum Gasteiger partial charge on any atom is -0.383 e. The summed E-state index contributed by atoms with van der Waals surface area (Å²) in [5, 5.41) is 0. The lowest BCUT2D eigenvalue weighted by Crippen LogP contribution is -1.92. The second kappa shape index (κ2) is 4.03. The van der Waals surface area contributed by atoms with E-state index in [-0.39, 0.29) is 0 Å². The summed E-state index contributed by atoms with van der Waals surface area (Å²) in [5.74, 6) is 0.521. The van der Waals surface area contributed by atoms with E-state index in [4.69, 9.17) is 5.73 Å². The zero-order valence-electron chi connectivity index (χ0n) is 8.37. The summed E-state index contributed by atoms with van der Waals surface area (Å²) in [6.07, 6.45) is 1.79. The third-order valence-corrected chi connectivity index (χ3v) is 2.96. The molecule has 2 N–H and O–H groups in total. The number of nitrogen functional groups attached to an aromatic ring is 1. The Morgan fingerprint density at radius 2 is 2.00 bits per heavy atom. The molecule has 0 saturated carbocycles. The maximum atomic E-state index is 5.65. The molecule has 2 aromatic rings. The van der Waals surface area contributed by atoms with Gasteiger partial charge in [-0.25, -0.2) is 4.98 Å². The summed E-state index contributed by atoms with van der Waals surface area (Å²) >= 11 is 3.38. The number of hydrogen-bond acceptors (Lipinski definition) is 2. The van der Waals surface area contributed by atoms with Crippen LogP contribution >= 0.6 is 15.9 Å². The predicted octanol–water partition coefficient (Wildman–Crippen LogP) is 3.40. The summed E-state index contributed by atoms with van der Waals surface area (Å²) in [4.78, 5) is 4.13. The summed E-state index contributed by atoms with van der Waals surface area (Å²) in [7, 11) is 0. The number of anilines is 1. The third kappa shape index (κ3) is 2.02. The van der Waals surface area contributed by atoms with Gasteiger partial charge in [0.15, 0.2) is 0 Å². The number of nitrogens with two attached hydrogens (primary N) is 1. The van der Waals surface area contributed by atoms with Crippen LogP contribution in [0.5, 0.6) is 0 Å². The molecule has 15 heavy (non-hydrogen) atoms. The van der Waals surface area contributed by atoms with Crippen molar-refractivity contribution in [2.45, 2.75) is 6.92 Å². The number of benzene rings is 1. The summed E-state index contributed by atoms with van der Waals surface area (Å²) in [5.41, 5.74) is 9.14. The van der Waals surface area contributed by atoms with Crippen molar-refractivity contribution < 1.29 is 0 Å². The first-order valence-corrected chi connectivity index (χ1v) is 5.45. The molecule has 0 aliphatic heterocycles. The Hall–Kier alpha value is -1.35. The van der Waals surface area contributed by atoms with Gasteiger partial charge in [-0.05, 0) is 40.0 Å². The van der Waals surface area contributed by atoms with Crippen LogP contribution < -0.4 is 5.73 Å². The van der Waals surface area contributed by atoms with Crippen molar-refractivity contribution in [2.24, 2.45) is 0 Å². The number of aromatic nitrogens is 1. The molecule has 0 radical (unpaired) electrons. The molecule has 0 aliphatic rings. The quantitative estimate of drug-likeness (QED) is 0.856. The van der Waals surface area contributed by atoms with Crippen molar-refractivity contribution in [3.63, 3.8) is 0 Å². The Balaban J connectivity index is 2.55. The van der Waals surface area contributed by atoms with Crippen LogP contribution in [-0.2, 0) is 0 Å². The summed E-state index contributed by atoms with van der Waals surface area (Å²) < 4.78 is 0.836. The standard InChI is InChI=1S/C12H11BrN2/c1-8-4-2-3-5-10(8)9-6-11(13)12(14)15-7-9/h2-7H,1H3,(H2,14,15). The molecule has 1 aromatic carbocycles. The minimum atomic E-state index is 0.521. The Morgan fingerprint density at radius 3 is 2.67 bits per heavy atom. The van der Waals surface area contributed by atoms with Gasteiger partial charge >= 0.3 is 0 Å². The molecule has 2 rings (SSSR count). The number of hydrogen-bond donors (Lipinski definition) is 1. The van der Waals surface area contributed by atoms with E-state index in [0.717, 1.165) is 10.0 Å². The molecule has 0 aliphatic carbocycles. The zero-order chi connectivity index (χ0) is 10.8. The van der Waals surface area contributed by atoms with Crippen molar-refractivity contribution in [2.75, 3.05) is 5.73 Å². The van der Waals surface area contributed by atoms with Gasteiger partial charge in [0, 0.05) is 11.8 Å². The second-order valence-corrected chi connectivity index (χ2v) is 4.26. The van der Waals surface area contributed by atoms with E-state index in [2.05, 4.69) is 40.0 Å². The first-order chi connectivity index (χ1) is 7.18. The van der Waals surface area contributed by atoms with E-state index in [1.54, 1.807) is 6.20 Å². The Labute approximate surface area is 97.3 Å². The number of rotatable bonds is 1. The lowest BCUT2D eigenvalue weighted by atomic mass is 10.0. The van der Waals surface area contributed by atoms with Gasteiger partial charge in [0.25, 0.3) is 0 Å². The van der Waals surface area contributed by atoms with Gasteiger partial charge in [-0.3, -0.25) is 0 Å². The van der Waals surface area contributed by atoms with Crippen molar-refractivity contribution >= 4 is 21.7 Å². The zero-order valence-corrected chi connectivity index (χ0v) is 9.95. The maximum Gasteiger partial charge on any atom is 0.137 e. The lowest BCUT2D eigenvalue weighted by Gasteiger charge is -2.06. The highest BCUT2D eigenvalue weighted by Gasteiger charge is 2.03. The van der Waals surface area contributed by atoms with Crippen molar-refractivity contribution in [3.8, 4) is 11.1 Å². The molecular formula is C12H11BrN2. The van der Waals surface area contributed by atoms with Crippen LogP contribution in [0.4, 0.5) is 5.82 Å². The Bertz CT molecular complexity index is 495. The number of halogens is 1. The summed E-state index contributed by atoms with van der Waals surface area (Å²) in [6, 6.07) is 10.2. The number of nitrogens with zero attached hydrogens (tertiary/aromatic N) is 1. The van der Waals surface area contributed by atoms with Crippen molar-refractivity contribution in [3.05, 3.63) is 46.6 Å². The van der Waals surface area contributed by atoms with Crippen LogP contribution in [-0.4, -0.2) is 4.98 Å². The second-order valence-electron chi connectivity index (χ2n) is 3.41. The SMILES string of the molecule is Cc1ccccc1-c1cnc(N)c(Br)c1. The minimum absolute atomic E-state index is 0.521. The normalized spacial score (nSPS) is 10.3. The molecule has 0 saturated heterocycles. The highest BCUT2D eigenvalue weighted by Crippen LogP contribution is 2.27. The van der Waals surface area contributed by atoms with Crippen LogP contribution in [0.3, 0.4) is 0 Å². The molecule has 0 fully saturated rings. The van der Waals surface area contributed by atoms with Crippen molar-refractivity contribution in [1.82, 2.24) is 4.98 Å². The monoisotopic (exact) mass is 262 g/mol. The first-order valence-electron chi connectivity index (χ1n) is 4.65. The maximum absolute atomic E-state index is 5.65.